The smallest absolute Gasteiger partial charge is 0.356 e. The topological polar surface area (TPSA) is 71.5 Å². The summed E-state index contributed by atoms with van der Waals surface area (Å²) >= 11 is 0. The fraction of sp³-hybridized carbons (Fsp3) is 0.455. The number of carbonyl (C=O) groups is 1. The number of aliphatic hydroxyl groups excluding tert-OH is 1. The van der Waals surface area contributed by atoms with Gasteiger partial charge in [-0.3, -0.25) is 0 Å². The Morgan fingerprint density at radius 3 is 3.06 bits per heavy atom. The Hall–Kier alpha value is -1.62. The second-order valence-corrected chi connectivity index (χ2v) is 3.36. The van der Waals surface area contributed by atoms with Crippen LogP contribution in [0.1, 0.15) is 23.8 Å². The van der Waals surface area contributed by atoms with Gasteiger partial charge in [0, 0.05) is 18.4 Å². The summed E-state index contributed by atoms with van der Waals surface area (Å²) in [5.74, 6) is -0.473. The number of hydrogen-bond donors (Lipinski definition) is 2. The van der Waals surface area contributed by atoms with Gasteiger partial charge in [-0.15, -0.1) is 0 Å². The molecular formula is C11H16N2O3. The number of methoxy groups -OCH3 is 1. The van der Waals surface area contributed by atoms with Crippen LogP contribution in [0.15, 0.2) is 18.3 Å². The summed E-state index contributed by atoms with van der Waals surface area (Å²) in [5, 5.41) is 12.4. The van der Waals surface area contributed by atoms with Crippen LogP contribution in [0, 0.1) is 0 Å². The fourth-order valence-corrected chi connectivity index (χ4v) is 1.14. The molecule has 1 aromatic heterocycles. The van der Waals surface area contributed by atoms with Gasteiger partial charge in [0.25, 0.3) is 0 Å². The minimum atomic E-state index is -0.473. The van der Waals surface area contributed by atoms with Crippen LogP contribution in [-0.2, 0) is 4.74 Å². The maximum atomic E-state index is 11.2. The Morgan fingerprint density at radius 1 is 1.69 bits per heavy atom. The molecule has 88 valence electrons. The molecule has 0 bridgehead atoms. The van der Waals surface area contributed by atoms with Gasteiger partial charge in [0.1, 0.15) is 5.69 Å². The van der Waals surface area contributed by atoms with Gasteiger partial charge < -0.3 is 15.2 Å². The lowest BCUT2D eigenvalue weighted by Crippen LogP contribution is -2.18. The first-order valence-electron chi connectivity index (χ1n) is 5.13. The number of esters is 1. The molecule has 0 aliphatic heterocycles. The summed E-state index contributed by atoms with van der Waals surface area (Å²) in [6, 6.07) is 3.32. The van der Waals surface area contributed by atoms with Gasteiger partial charge in [0.05, 0.1) is 13.2 Å². The van der Waals surface area contributed by atoms with Crippen molar-refractivity contribution >= 4 is 11.7 Å². The van der Waals surface area contributed by atoms with Crippen LogP contribution >= 0.6 is 0 Å². The number of anilines is 1. The molecule has 0 radical (unpaired) electrons. The molecule has 5 heteroatoms. The van der Waals surface area contributed by atoms with Gasteiger partial charge >= 0.3 is 5.97 Å². The van der Waals surface area contributed by atoms with E-state index in [0.29, 0.717) is 13.0 Å². The van der Waals surface area contributed by atoms with Gasteiger partial charge in [0.2, 0.25) is 0 Å². The number of nitrogens with zero attached hydrogens (tertiary/aromatic N) is 1. The minimum absolute atomic E-state index is 0.249. The zero-order valence-corrected chi connectivity index (χ0v) is 9.43. The van der Waals surface area contributed by atoms with Crippen molar-refractivity contribution in [2.75, 3.05) is 19.0 Å². The molecule has 0 aromatic carbocycles. The number of ether oxygens (including phenoxy) is 1. The van der Waals surface area contributed by atoms with Crippen molar-refractivity contribution in [3.63, 3.8) is 0 Å². The first-order valence-corrected chi connectivity index (χ1v) is 5.13. The van der Waals surface area contributed by atoms with Crippen LogP contribution < -0.4 is 5.32 Å². The average Bonchev–Trinajstić information content (AvgIpc) is 2.35. The highest BCUT2D eigenvalue weighted by atomic mass is 16.5. The normalized spacial score (nSPS) is 11.9. The summed E-state index contributed by atoms with van der Waals surface area (Å²) in [4.78, 5) is 15.1. The molecule has 1 unspecified atom stereocenters. The number of aromatic nitrogens is 1. The molecule has 1 rings (SSSR count). The van der Waals surface area contributed by atoms with Crippen molar-refractivity contribution in [2.24, 2.45) is 0 Å². The van der Waals surface area contributed by atoms with Crippen LogP contribution in [-0.4, -0.2) is 35.8 Å². The third-order valence-electron chi connectivity index (χ3n) is 2.17. The third-order valence-corrected chi connectivity index (χ3v) is 2.17. The van der Waals surface area contributed by atoms with Crippen molar-refractivity contribution in [3.8, 4) is 0 Å². The van der Waals surface area contributed by atoms with Crippen LogP contribution in [0.3, 0.4) is 0 Å². The van der Waals surface area contributed by atoms with Gasteiger partial charge in [-0.05, 0) is 18.6 Å². The molecule has 1 heterocycles. The molecule has 0 saturated heterocycles. The Labute approximate surface area is 94.5 Å². The van der Waals surface area contributed by atoms with E-state index in [1.807, 2.05) is 6.92 Å². The predicted molar refractivity (Wildman–Crippen MR) is 60.4 cm³/mol. The predicted octanol–water partition coefficient (Wildman–Crippen LogP) is 1.05. The van der Waals surface area contributed by atoms with Gasteiger partial charge in [-0.1, -0.05) is 6.92 Å². The summed E-state index contributed by atoms with van der Waals surface area (Å²) in [5.41, 5.74) is 0.987. The molecule has 0 aliphatic rings. The second-order valence-electron chi connectivity index (χ2n) is 3.36. The first-order chi connectivity index (χ1) is 7.67. The van der Waals surface area contributed by atoms with E-state index in [9.17, 15) is 9.90 Å². The molecule has 2 N–H and O–H groups in total. The Balaban J connectivity index is 2.64. The average molecular weight is 224 g/mol. The molecule has 1 aromatic rings. The lowest BCUT2D eigenvalue weighted by Gasteiger charge is -2.10. The number of hydrogen-bond acceptors (Lipinski definition) is 5. The lowest BCUT2D eigenvalue weighted by molar-refractivity contribution is 0.0594. The largest absolute Gasteiger partial charge is 0.464 e. The number of rotatable bonds is 5. The monoisotopic (exact) mass is 224 g/mol. The summed E-state index contributed by atoms with van der Waals surface area (Å²) in [6.07, 6.45) is 1.81. The highest BCUT2D eigenvalue weighted by Gasteiger charge is 2.07. The van der Waals surface area contributed by atoms with E-state index in [1.165, 1.54) is 13.3 Å². The van der Waals surface area contributed by atoms with Crippen molar-refractivity contribution in [1.82, 2.24) is 4.98 Å². The highest BCUT2D eigenvalue weighted by Crippen LogP contribution is 2.09. The standard InChI is InChI=1S/C11H16N2O3/c1-3-9(14)7-13-8-4-5-12-10(6-8)11(15)16-2/h4-6,9,14H,3,7H2,1-2H3,(H,12,13). The minimum Gasteiger partial charge on any atom is -0.464 e. The van der Waals surface area contributed by atoms with E-state index in [4.69, 9.17) is 0 Å². The Kier molecular flexibility index (Phi) is 4.72. The molecule has 0 amide bonds. The highest BCUT2D eigenvalue weighted by molar-refractivity contribution is 5.88. The maximum Gasteiger partial charge on any atom is 0.356 e. The molecule has 0 fully saturated rings. The third kappa shape index (κ3) is 3.51. The molecule has 0 aliphatic carbocycles. The number of aliphatic hydroxyl groups is 1. The summed E-state index contributed by atoms with van der Waals surface area (Å²) in [6.45, 7) is 2.35. The van der Waals surface area contributed by atoms with Crippen LogP contribution in [0.2, 0.25) is 0 Å². The van der Waals surface area contributed by atoms with Crippen LogP contribution in [0.5, 0.6) is 0 Å². The van der Waals surface area contributed by atoms with Crippen LogP contribution in [0.25, 0.3) is 0 Å². The van der Waals surface area contributed by atoms with Gasteiger partial charge in [-0.2, -0.15) is 0 Å². The Morgan fingerprint density at radius 2 is 2.44 bits per heavy atom. The van der Waals surface area contributed by atoms with E-state index < -0.39 is 12.1 Å². The number of pyridine rings is 1. The van der Waals surface area contributed by atoms with E-state index in [2.05, 4.69) is 15.0 Å². The van der Waals surface area contributed by atoms with Crippen molar-refractivity contribution in [3.05, 3.63) is 24.0 Å². The van der Waals surface area contributed by atoms with Crippen molar-refractivity contribution in [1.29, 1.82) is 0 Å². The van der Waals surface area contributed by atoms with Crippen molar-refractivity contribution < 1.29 is 14.6 Å². The van der Waals surface area contributed by atoms with E-state index in [1.54, 1.807) is 12.1 Å². The molecule has 16 heavy (non-hydrogen) atoms. The lowest BCUT2D eigenvalue weighted by atomic mass is 10.2. The molecule has 0 saturated carbocycles. The second kappa shape index (κ2) is 6.07. The zero-order chi connectivity index (χ0) is 12.0. The maximum absolute atomic E-state index is 11.2. The van der Waals surface area contributed by atoms with Crippen LogP contribution in [0.4, 0.5) is 5.69 Å². The van der Waals surface area contributed by atoms with E-state index in [0.717, 1.165) is 5.69 Å². The van der Waals surface area contributed by atoms with Gasteiger partial charge in [-0.25, -0.2) is 9.78 Å². The van der Waals surface area contributed by atoms with E-state index >= 15 is 0 Å². The molecular weight excluding hydrogens is 208 g/mol. The molecule has 1 atom stereocenters. The molecule has 5 nitrogen and oxygen atoms in total. The summed E-state index contributed by atoms with van der Waals surface area (Å²) in [7, 11) is 1.31. The quantitative estimate of drug-likeness (QED) is 0.731. The number of carbonyl (C=O) groups excluding carboxylic acids is 1. The Bertz CT molecular complexity index is 355. The first kappa shape index (κ1) is 12.4. The van der Waals surface area contributed by atoms with E-state index in [-0.39, 0.29) is 5.69 Å². The summed E-state index contributed by atoms with van der Waals surface area (Å²) < 4.78 is 4.56. The molecule has 0 spiro atoms. The number of nitrogens with one attached hydrogen (secondary N) is 1. The zero-order valence-electron chi connectivity index (χ0n) is 9.43. The SMILES string of the molecule is CCC(O)CNc1ccnc(C(=O)OC)c1. The fourth-order valence-electron chi connectivity index (χ4n) is 1.14. The van der Waals surface area contributed by atoms with Gasteiger partial charge in [0.15, 0.2) is 0 Å². The van der Waals surface area contributed by atoms with Crippen molar-refractivity contribution in [2.45, 2.75) is 19.4 Å².